The molecule has 1 heterocycles. The lowest BCUT2D eigenvalue weighted by molar-refractivity contribution is -0.119. The number of hydrazone groups is 1. The molecule has 0 unspecified atom stereocenters. The number of benzene rings is 2. The van der Waals surface area contributed by atoms with Crippen LogP contribution in [0.3, 0.4) is 0 Å². The molecule has 0 aromatic heterocycles. The summed E-state index contributed by atoms with van der Waals surface area (Å²) in [6.45, 7) is 2.40. The Kier molecular flexibility index (Phi) is 5.31. The van der Waals surface area contributed by atoms with Gasteiger partial charge in [-0.05, 0) is 42.3 Å². The number of para-hydroxylation sites is 1. The van der Waals surface area contributed by atoms with Crippen molar-refractivity contribution in [2.45, 2.75) is 6.92 Å². The van der Waals surface area contributed by atoms with Crippen molar-refractivity contribution in [2.24, 2.45) is 5.10 Å². The monoisotopic (exact) mass is 337 g/mol. The Hall–Kier alpha value is -3.28. The molecule has 6 nitrogen and oxygen atoms in total. The Balaban J connectivity index is 1.43. The van der Waals surface area contributed by atoms with Crippen LogP contribution in [0, 0.1) is 6.92 Å². The maximum atomic E-state index is 11.7. The number of hydrogen-bond acceptors (Lipinski definition) is 5. The number of hydrogen-bond donors (Lipinski definition) is 2. The van der Waals surface area contributed by atoms with E-state index in [1.54, 1.807) is 6.08 Å². The fourth-order valence-corrected chi connectivity index (χ4v) is 2.31. The molecule has 0 bridgehead atoms. The van der Waals surface area contributed by atoms with Crippen molar-refractivity contribution in [1.82, 2.24) is 5.43 Å². The molecule has 1 aliphatic heterocycles. The van der Waals surface area contributed by atoms with Crippen molar-refractivity contribution in [3.8, 4) is 11.5 Å². The van der Waals surface area contributed by atoms with Crippen LogP contribution in [0.15, 0.2) is 53.6 Å². The normalized spacial score (nSPS) is 12.7. The standard InChI is InChI=1S/C19H19N3O3/c1-14-5-2-3-7-16(14)20-12-19(23)22-21-10-4-6-15-8-9-17-18(11-15)25-13-24-17/h2-11,20H,12-13H2,1H3,(H,22,23)/b6-4+,21-10-. The van der Waals surface area contributed by atoms with E-state index in [2.05, 4.69) is 15.8 Å². The van der Waals surface area contributed by atoms with Crippen LogP contribution in [0.1, 0.15) is 11.1 Å². The van der Waals surface area contributed by atoms with Crippen molar-refractivity contribution in [3.05, 3.63) is 59.7 Å². The van der Waals surface area contributed by atoms with Gasteiger partial charge in [0, 0.05) is 11.9 Å². The molecular weight excluding hydrogens is 318 g/mol. The molecule has 0 fully saturated rings. The van der Waals surface area contributed by atoms with E-state index < -0.39 is 0 Å². The Bertz CT molecular complexity index is 815. The first-order valence-electron chi connectivity index (χ1n) is 7.90. The summed E-state index contributed by atoms with van der Waals surface area (Å²) in [7, 11) is 0. The van der Waals surface area contributed by atoms with Crippen LogP contribution in [0.4, 0.5) is 5.69 Å². The molecule has 0 radical (unpaired) electrons. The SMILES string of the molecule is Cc1ccccc1NCC(=O)N/N=C\C=C\c1ccc2c(c1)OCO2. The second kappa shape index (κ2) is 8.01. The van der Waals surface area contributed by atoms with E-state index in [1.807, 2.05) is 55.5 Å². The first-order valence-corrected chi connectivity index (χ1v) is 7.90. The molecule has 3 rings (SSSR count). The molecular formula is C19H19N3O3. The molecule has 2 N–H and O–H groups in total. The average molecular weight is 337 g/mol. The maximum absolute atomic E-state index is 11.7. The highest BCUT2D eigenvalue weighted by atomic mass is 16.7. The van der Waals surface area contributed by atoms with E-state index in [0.29, 0.717) is 0 Å². The first kappa shape index (κ1) is 16.6. The number of anilines is 1. The number of carbonyl (C=O) groups is 1. The lowest BCUT2D eigenvalue weighted by Crippen LogP contribution is -2.25. The zero-order valence-corrected chi connectivity index (χ0v) is 13.9. The molecule has 2 aromatic rings. The minimum absolute atomic E-state index is 0.161. The summed E-state index contributed by atoms with van der Waals surface area (Å²) >= 11 is 0. The molecule has 0 saturated heterocycles. The van der Waals surface area contributed by atoms with Crippen LogP contribution in [0.5, 0.6) is 11.5 Å². The molecule has 0 aliphatic carbocycles. The fourth-order valence-electron chi connectivity index (χ4n) is 2.31. The molecule has 128 valence electrons. The summed E-state index contributed by atoms with van der Waals surface area (Å²) in [5, 5.41) is 6.96. The molecule has 1 aliphatic rings. The summed E-state index contributed by atoms with van der Waals surface area (Å²) in [6.07, 6.45) is 5.13. The van der Waals surface area contributed by atoms with Gasteiger partial charge >= 0.3 is 0 Å². The summed E-state index contributed by atoms with van der Waals surface area (Å²) in [6, 6.07) is 13.5. The highest BCUT2D eigenvalue weighted by Gasteiger charge is 2.11. The predicted octanol–water partition coefficient (Wildman–Crippen LogP) is 2.95. The van der Waals surface area contributed by atoms with Gasteiger partial charge in [-0.2, -0.15) is 5.10 Å². The summed E-state index contributed by atoms with van der Waals surface area (Å²) < 4.78 is 10.6. The van der Waals surface area contributed by atoms with Crippen LogP contribution in [-0.2, 0) is 4.79 Å². The van der Waals surface area contributed by atoms with Gasteiger partial charge in [-0.15, -0.1) is 0 Å². The topological polar surface area (TPSA) is 72.0 Å². The number of ether oxygens (including phenoxy) is 2. The number of allylic oxidation sites excluding steroid dienone is 1. The van der Waals surface area contributed by atoms with Gasteiger partial charge in [0.25, 0.3) is 5.91 Å². The maximum Gasteiger partial charge on any atom is 0.259 e. The van der Waals surface area contributed by atoms with Crippen molar-refractivity contribution >= 4 is 23.9 Å². The van der Waals surface area contributed by atoms with Crippen LogP contribution < -0.4 is 20.2 Å². The number of aryl methyl sites for hydroxylation is 1. The molecule has 0 spiro atoms. The lowest BCUT2D eigenvalue weighted by Gasteiger charge is -2.07. The van der Waals surface area contributed by atoms with Crippen LogP contribution in [-0.4, -0.2) is 25.5 Å². The van der Waals surface area contributed by atoms with Gasteiger partial charge in [-0.25, -0.2) is 5.43 Å². The highest BCUT2D eigenvalue weighted by Crippen LogP contribution is 2.32. The highest BCUT2D eigenvalue weighted by molar-refractivity contribution is 5.83. The molecule has 1 amide bonds. The Labute approximate surface area is 146 Å². The zero-order valence-electron chi connectivity index (χ0n) is 13.9. The fraction of sp³-hybridized carbons (Fsp3) is 0.158. The van der Waals surface area contributed by atoms with Crippen LogP contribution in [0.2, 0.25) is 0 Å². The molecule has 0 saturated carbocycles. The van der Waals surface area contributed by atoms with Gasteiger partial charge in [0.15, 0.2) is 11.5 Å². The summed E-state index contributed by atoms with van der Waals surface area (Å²) in [5.74, 6) is 1.27. The van der Waals surface area contributed by atoms with Gasteiger partial charge < -0.3 is 14.8 Å². The van der Waals surface area contributed by atoms with Crippen LogP contribution in [0.25, 0.3) is 6.08 Å². The molecule has 2 aromatic carbocycles. The third kappa shape index (κ3) is 4.60. The third-order valence-electron chi connectivity index (χ3n) is 3.62. The smallest absolute Gasteiger partial charge is 0.259 e. The second-order valence-corrected chi connectivity index (χ2v) is 5.45. The van der Waals surface area contributed by atoms with E-state index in [1.165, 1.54) is 6.21 Å². The minimum Gasteiger partial charge on any atom is -0.454 e. The molecule has 0 atom stereocenters. The van der Waals surface area contributed by atoms with E-state index in [0.717, 1.165) is 28.3 Å². The Morgan fingerprint density at radius 3 is 2.92 bits per heavy atom. The van der Waals surface area contributed by atoms with E-state index >= 15 is 0 Å². The van der Waals surface area contributed by atoms with E-state index in [4.69, 9.17) is 9.47 Å². The van der Waals surface area contributed by atoms with E-state index in [-0.39, 0.29) is 19.2 Å². The lowest BCUT2D eigenvalue weighted by atomic mass is 10.2. The average Bonchev–Trinajstić information content (AvgIpc) is 3.08. The Morgan fingerprint density at radius 2 is 2.04 bits per heavy atom. The van der Waals surface area contributed by atoms with Crippen molar-refractivity contribution < 1.29 is 14.3 Å². The van der Waals surface area contributed by atoms with Gasteiger partial charge in [0.1, 0.15) is 0 Å². The van der Waals surface area contributed by atoms with Crippen molar-refractivity contribution in [2.75, 3.05) is 18.7 Å². The number of fused-ring (bicyclic) bond motifs is 1. The van der Waals surface area contributed by atoms with Gasteiger partial charge in [0.2, 0.25) is 6.79 Å². The molecule has 25 heavy (non-hydrogen) atoms. The van der Waals surface area contributed by atoms with Crippen LogP contribution >= 0.6 is 0 Å². The Morgan fingerprint density at radius 1 is 1.20 bits per heavy atom. The second-order valence-electron chi connectivity index (χ2n) is 5.45. The zero-order chi connectivity index (χ0) is 17.5. The third-order valence-corrected chi connectivity index (χ3v) is 3.62. The van der Waals surface area contributed by atoms with Crippen molar-refractivity contribution in [1.29, 1.82) is 0 Å². The molecule has 6 heteroatoms. The van der Waals surface area contributed by atoms with Gasteiger partial charge in [0.05, 0.1) is 6.54 Å². The number of nitrogens with zero attached hydrogens (tertiary/aromatic N) is 1. The van der Waals surface area contributed by atoms with E-state index in [9.17, 15) is 4.79 Å². The predicted molar refractivity (Wildman–Crippen MR) is 97.9 cm³/mol. The number of amides is 1. The number of rotatable bonds is 6. The summed E-state index contributed by atoms with van der Waals surface area (Å²) in [4.78, 5) is 11.7. The first-order chi connectivity index (χ1) is 12.2. The number of carbonyl (C=O) groups excluding carboxylic acids is 1. The minimum atomic E-state index is -0.212. The largest absolute Gasteiger partial charge is 0.454 e. The number of nitrogens with one attached hydrogen (secondary N) is 2. The quantitative estimate of drug-likeness (QED) is 0.628. The van der Waals surface area contributed by atoms with Gasteiger partial charge in [-0.1, -0.05) is 30.3 Å². The van der Waals surface area contributed by atoms with Crippen molar-refractivity contribution in [3.63, 3.8) is 0 Å². The van der Waals surface area contributed by atoms with Gasteiger partial charge in [-0.3, -0.25) is 4.79 Å². The summed E-state index contributed by atoms with van der Waals surface area (Å²) in [5.41, 5.74) is 5.46.